The molecule has 2 aromatic rings. The van der Waals surface area contributed by atoms with Gasteiger partial charge in [-0.2, -0.15) is 5.10 Å². The summed E-state index contributed by atoms with van der Waals surface area (Å²) in [5.74, 6) is -0.999. The van der Waals surface area contributed by atoms with E-state index in [0.717, 1.165) is 29.1 Å². The normalized spacial score (nSPS) is 16.6. The molecule has 2 amide bonds. The van der Waals surface area contributed by atoms with Crippen molar-refractivity contribution < 1.29 is 14.7 Å². The number of aromatic nitrogens is 2. The van der Waals surface area contributed by atoms with Gasteiger partial charge in [0.15, 0.2) is 0 Å². The van der Waals surface area contributed by atoms with Crippen molar-refractivity contribution in [2.75, 3.05) is 26.2 Å². The van der Waals surface area contributed by atoms with E-state index >= 15 is 0 Å². The number of likely N-dealkylation sites (tertiary alicyclic amines) is 1. The first kappa shape index (κ1) is 19.1. The molecule has 1 unspecified atom stereocenters. The summed E-state index contributed by atoms with van der Waals surface area (Å²) in [6, 6.07) is 10.0. The zero-order valence-corrected chi connectivity index (χ0v) is 15.8. The minimum absolute atomic E-state index is 0.0546. The van der Waals surface area contributed by atoms with Gasteiger partial charge in [-0.15, -0.1) is 0 Å². The van der Waals surface area contributed by atoms with Gasteiger partial charge in [0.05, 0.1) is 11.4 Å². The Morgan fingerprint density at radius 3 is 2.59 bits per heavy atom. The maximum Gasteiger partial charge on any atom is 0.311 e. The van der Waals surface area contributed by atoms with Crippen LogP contribution in [0.1, 0.15) is 23.4 Å². The fourth-order valence-corrected chi connectivity index (χ4v) is 3.40. The van der Waals surface area contributed by atoms with E-state index in [0.29, 0.717) is 26.1 Å². The zero-order valence-electron chi connectivity index (χ0n) is 15.8. The van der Waals surface area contributed by atoms with Crippen molar-refractivity contribution in [3.63, 3.8) is 0 Å². The lowest BCUT2D eigenvalue weighted by Crippen LogP contribution is -2.42. The maximum absolute atomic E-state index is 12.1. The minimum atomic E-state index is -0.576. The second kappa shape index (κ2) is 8.35. The number of nitrogens with zero attached hydrogens (tertiary/aromatic N) is 3. The molecule has 0 saturated carbocycles. The number of hydrogen-bond acceptors (Lipinski definition) is 4. The first-order valence-electron chi connectivity index (χ1n) is 9.28. The van der Waals surface area contributed by atoms with Gasteiger partial charge in [0.25, 0.3) is 0 Å². The number of aliphatic hydroxyl groups excluding tert-OH is 1. The Balaban J connectivity index is 1.48. The maximum atomic E-state index is 12.1. The molecule has 1 fully saturated rings. The van der Waals surface area contributed by atoms with Gasteiger partial charge in [0.2, 0.25) is 0 Å². The molecule has 27 heavy (non-hydrogen) atoms. The molecule has 144 valence electrons. The second-order valence-corrected chi connectivity index (χ2v) is 7.10. The SMILES string of the molecule is Cc1cc(C)n(-c2ccc(CCNC(=O)C(=O)N3CCC(CO)C3)cc2)n1. The third kappa shape index (κ3) is 4.54. The Morgan fingerprint density at radius 1 is 1.26 bits per heavy atom. The quantitative estimate of drug-likeness (QED) is 0.769. The van der Waals surface area contributed by atoms with Crippen molar-refractivity contribution in [3.05, 3.63) is 47.3 Å². The van der Waals surface area contributed by atoms with E-state index in [-0.39, 0.29) is 12.5 Å². The van der Waals surface area contributed by atoms with Crippen LogP contribution >= 0.6 is 0 Å². The van der Waals surface area contributed by atoms with E-state index in [2.05, 4.69) is 10.4 Å². The average Bonchev–Trinajstić information content (AvgIpc) is 3.27. The molecule has 7 nitrogen and oxygen atoms in total. The summed E-state index contributed by atoms with van der Waals surface area (Å²) in [6.45, 7) is 5.43. The second-order valence-electron chi connectivity index (χ2n) is 7.10. The number of aryl methyl sites for hydroxylation is 2. The van der Waals surface area contributed by atoms with Crippen molar-refractivity contribution >= 4 is 11.8 Å². The number of nitrogens with one attached hydrogen (secondary N) is 1. The molecule has 0 aliphatic carbocycles. The highest BCUT2D eigenvalue weighted by atomic mass is 16.3. The highest BCUT2D eigenvalue weighted by molar-refractivity contribution is 6.35. The standard InChI is InChI=1S/C20H26N4O3/c1-14-11-15(2)24(22-14)18-5-3-16(4-6-18)7-9-21-19(26)20(27)23-10-8-17(12-23)13-25/h3-6,11,17,25H,7-10,12-13H2,1-2H3,(H,21,26). The van der Waals surface area contributed by atoms with Crippen molar-refractivity contribution in [2.24, 2.45) is 5.92 Å². The van der Waals surface area contributed by atoms with E-state index in [1.54, 1.807) is 0 Å². The molecule has 0 bridgehead atoms. The topological polar surface area (TPSA) is 87.5 Å². The van der Waals surface area contributed by atoms with Crippen molar-refractivity contribution in [3.8, 4) is 5.69 Å². The molecule has 3 rings (SSSR count). The molecule has 1 saturated heterocycles. The van der Waals surface area contributed by atoms with Crippen LogP contribution in [0, 0.1) is 19.8 Å². The molecule has 2 N–H and O–H groups in total. The van der Waals surface area contributed by atoms with Gasteiger partial charge in [-0.05, 0) is 50.5 Å². The van der Waals surface area contributed by atoms with Crippen LogP contribution in [-0.2, 0) is 16.0 Å². The van der Waals surface area contributed by atoms with Crippen molar-refractivity contribution in [2.45, 2.75) is 26.7 Å². The number of rotatable bonds is 5. The van der Waals surface area contributed by atoms with Crippen LogP contribution in [0.15, 0.2) is 30.3 Å². The molecule has 0 radical (unpaired) electrons. The Hall–Kier alpha value is -2.67. The van der Waals surface area contributed by atoms with E-state index < -0.39 is 11.8 Å². The highest BCUT2D eigenvalue weighted by Crippen LogP contribution is 2.15. The van der Waals surface area contributed by atoms with E-state index in [9.17, 15) is 9.59 Å². The molecule has 1 aromatic carbocycles. The monoisotopic (exact) mass is 370 g/mol. The Kier molecular flexibility index (Phi) is 5.91. The number of benzene rings is 1. The Bertz CT molecular complexity index is 813. The summed E-state index contributed by atoms with van der Waals surface area (Å²) in [7, 11) is 0. The molecule has 7 heteroatoms. The van der Waals surface area contributed by atoms with E-state index in [1.165, 1.54) is 4.90 Å². The molecule has 1 aliphatic heterocycles. The zero-order chi connectivity index (χ0) is 19.4. The van der Waals surface area contributed by atoms with Gasteiger partial charge in [-0.25, -0.2) is 4.68 Å². The number of aliphatic hydroxyl groups is 1. The van der Waals surface area contributed by atoms with Gasteiger partial charge >= 0.3 is 11.8 Å². The van der Waals surface area contributed by atoms with Gasteiger partial charge < -0.3 is 15.3 Å². The molecule has 1 atom stereocenters. The average molecular weight is 370 g/mol. The lowest BCUT2D eigenvalue weighted by Gasteiger charge is -2.15. The number of carbonyl (C=O) groups is 2. The predicted octanol–water partition coefficient (Wildman–Crippen LogP) is 0.989. The molecular weight excluding hydrogens is 344 g/mol. The van der Waals surface area contributed by atoms with Crippen LogP contribution in [0.25, 0.3) is 5.69 Å². The summed E-state index contributed by atoms with van der Waals surface area (Å²) in [4.78, 5) is 25.6. The number of amides is 2. The molecule has 1 aromatic heterocycles. The molecule has 1 aliphatic rings. The number of hydrogen-bond donors (Lipinski definition) is 2. The van der Waals surface area contributed by atoms with Crippen molar-refractivity contribution in [1.29, 1.82) is 0 Å². The molecule has 0 spiro atoms. The third-order valence-electron chi connectivity index (χ3n) is 4.92. The highest BCUT2D eigenvalue weighted by Gasteiger charge is 2.29. The van der Waals surface area contributed by atoms with Crippen LogP contribution in [0.4, 0.5) is 0 Å². The first-order valence-corrected chi connectivity index (χ1v) is 9.28. The lowest BCUT2D eigenvalue weighted by atomic mass is 10.1. The summed E-state index contributed by atoms with van der Waals surface area (Å²) >= 11 is 0. The van der Waals surface area contributed by atoms with Crippen LogP contribution in [-0.4, -0.2) is 57.8 Å². The van der Waals surface area contributed by atoms with Gasteiger partial charge in [0, 0.05) is 37.9 Å². The largest absolute Gasteiger partial charge is 0.396 e. The van der Waals surface area contributed by atoms with Crippen LogP contribution < -0.4 is 5.32 Å². The Morgan fingerprint density at radius 2 is 2.00 bits per heavy atom. The fourth-order valence-electron chi connectivity index (χ4n) is 3.40. The summed E-state index contributed by atoms with van der Waals surface area (Å²) in [5, 5.41) is 16.3. The van der Waals surface area contributed by atoms with E-state index in [4.69, 9.17) is 5.11 Å². The minimum Gasteiger partial charge on any atom is -0.396 e. The van der Waals surface area contributed by atoms with Gasteiger partial charge in [0.1, 0.15) is 0 Å². The number of carbonyl (C=O) groups excluding carboxylic acids is 2. The van der Waals surface area contributed by atoms with Crippen LogP contribution in [0.5, 0.6) is 0 Å². The van der Waals surface area contributed by atoms with Crippen LogP contribution in [0.2, 0.25) is 0 Å². The first-order chi connectivity index (χ1) is 13.0. The fraction of sp³-hybridized carbons (Fsp3) is 0.450. The molecule has 2 heterocycles. The van der Waals surface area contributed by atoms with Gasteiger partial charge in [-0.3, -0.25) is 9.59 Å². The van der Waals surface area contributed by atoms with Gasteiger partial charge in [-0.1, -0.05) is 12.1 Å². The summed E-state index contributed by atoms with van der Waals surface area (Å²) in [6.07, 6.45) is 1.40. The summed E-state index contributed by atoms with van der Waals surface area (Å²) < 4.78 is 1.90. The smallest absolute Gasteiger partial charge is 0.311 e. The van der Waals surface area contributed by atoms with Crippen molar-refractivity contribution in [1.82, 2.24) is 20.0 Å². The lowest BCUT2D eigenvalue weighted by molar-refractivity contribution is -0.145. The predicted molar refractivity (Wildman–Crippen MR) is 102 cm³/mol. The van der Waals surface area contributed by atoms with E-state index in [1.807, 2.05) is 48.9 Å². The Labute approximate surface area is 159 Å². The van der Waals surface area contributed by atoms with Crippen LogP contribution in [0.3, 0.4) is 0 Å². The molecular formula is C20H26N4O3. The third-order valence-corrected chi connectivity index (χ3v) is 4.92. The summed E-state index contributed by atoms with van der Waals surface area (Å²) in [5.41, 5.74) is 4.13.